The van der Waals surface area contributed by atoms with Crippen molar-refractivity contribution in [1.29, 1.82) is 0 Å². The molecule has 7 heteroatoms. The number of benzene rings is 3. The van der Waals surface area contributed by atoms with Gasteiger partial charge in [0, 0.05) is 36.5 Å². The molecule has 0 saturated heterocycles. The first kappa shape index (κ1) is 25.9. The molecule has 0 fully saturated rings. The maximum absolute atomic E-state index is 13.3. The fourth-order valence-electron chi connectivity index (χ4n) is 4.66. The van der Waals surface area contributed by atoms with Crippen LogP contribution in [0.3, 0.4) is 0 Å². The first-order valence-corrected chi connectivity index (χ1v) is 12.5. The van der Waals surface area contributed by atoms with E-state index >= 15 is 0 Å². The second kappa shape index (κ2) is 10.9. The number of carbonyl (C=O) groups excluding carboxylic acids is 3. The summed E-state index contributed by atoms with van der Waals surface area (Å²) in [7, 11) is 3.86. The van der Waals surface area contributed by atoms with E-state index in [1.165, 1.54) is 18.2 Å². The number of esters is 1. The molecule has 37 heavy (non-hydrogen) atoms. The van der Waals surface area contributed by atoms with Crippen molar-refractivity contribution in [1.82, 2.24) is 0 Å². The molecule has 2 N–H and O–H groups in total. The molecule has 1 unspecified atom stereocenters. The minimum atomic E-state index is -0.892. The summed E-state index contributed by atoms with van der Waals surface area (Å²) in [4.78, 5) is 41.2. The molecule has 0 radical (unpaired) electrons. The molecule has 0 spiro atoms. The monoisotopic (exact) mass is 501 g/mol. The first-order chi connectivity index (χ1) is 17.7. The number of rotatable bonds is 9. The summed E-state index contributed by atoms with van der Waals surface area (Å²) >= 11 is 0. The van der Waals surface area contributed by atoms with Crippen LogP contribution in [0.1, 0.15) is 81.7 Å². The number of hydrogen-bond donors (Lipinski definition) is 2. The van der Waals surface area contributed by atoms with Gasteiger partial charge in [0.2, 0.25) is 0 Å². The molecule has 4 rings (SSSR count). The van der Waals surface area contributed by atoms with Gasteiger partial charge in [0.25, 0.3) is 0 Å². The molecule has 7 nitrogen and oxygen atoms in total. The molecule has 0 saturated carbocycles. The number of fused-ring (bicyclic) bond motifs is 2. The number of phenolic OH excluding ortho intramolecular Hbond substituents is 2. The molecule has 3 aromatic carbocycles. The van der Waals surface area contributed by atoms with Gasteiger partial charge in [-0.1, -0.05) is 56.2 Å². The number of hydrogen-bond acceptors (Lipinski definition) is 7. The number of nitrogens with zero attached hydrogens (tertiary/aromatic N) is 1. The number of phenols is 2. The zero-order chi connectivity index (χ0) is 26.7. The Labute approximate surface area is 216 Å². The van der Waals surface area contributed by atoms with Gasteiger partial charge in [0.15, 0.2) is 11.6 Å². The third kappa shape index (κ3) is 5.21. The number of ether oxygens (including phenoxy) is 1. The van der Waals surface area contributed by atoms with Crippen LogP contribution in [-0.4, -0.2) is 41.8 Å². The Kier molecular flexibility index (Phi) is 7.62. The summed E-state index contributed by atoms with van der Waals surface area (Å²) in [6.45, 7) is 2.04. The predicted octanol–water partition coefficient (Wildman–Crippen LogP) is 5.35. The van der Waals surface area contributed by atoms with Crippen LogP contribution in [0.25, 0.3) is 0 Å². The van der Waals surface area contributed by atoms with Gasteiger partial charge in [0.1, 0.15) is 17.6 Å². The summed E-state index contributed by atoms with van der Waals surface area (Å²) in [5, 5.41) is 22.0. The third-order valence-electron chi connectivity index (χ3n) is 6.67. The van der Waals surface area contributed by atoms with Crippen LogP contribution in [0.5, 0.6) is 11.5 Å². The number of unbranched alkanes of at least 4 members (excludes halogenated alkanes) is 2. The van der Waals surface area contributed by atoms with Crippen molar-refractivity contribution in [2.24, 2.45) is 0 Å². The zero-order valence-electron chi connectivity index (χ0n) is 21.3. The van der Waals surface area contributed by atoms with E-state index in [2.05, 4.69) is 0 Å². The molecule has 0 aromatic heterocycles. The van der Waals surface area contributed by atoms with Crippen LogP contribution in [0.15, 0.2) is 54.6 Å². The normalized spacial score (nSPS) is 13.1. The molecule has 0 bridgehead atoms. The molecule has 0 aliphatic heterocycles. The van der Waals surface area contributed by atoms with Crippen LogP contribution in [0, 0.1) is 0 Å². The smallest absolute Gasteiger partial charge is 0.310 e. The van der Waals surface area contributed by atoms with E-state index in [1.54, 1.807) is 12.1 Å². The van der Waals surface area contributed by atoms with E-state index in [4.69, 9.17) is 4.74 Å². The van der Waals surface area contributed by atoms with Crippen molar-refractivity contribution < 1.29 is 29.3 Å². The van der Waals surface area contributed by atoms with Gasteiger partial charge in [-0.15, -0.1) is 0 Å². The Morgan fingerprint density at radius 2 is 1.54 bits per heavy atom. The highest BCUT2D eigenvalue weighted by atomic mass is 16.5. The Morgan fingerprint density at radius 1 is 0.919 bits per heavy atom. The van der Waals surface area contributed by atoms with Crippen LogP contribution in [-0.2, 0) is 16.0 Å². The van der Waals surface area contributed by atoms with Crippen molar-refractivity contribution in [2.45, 2.75) is 45.1 Å². The van der Waals surface area contributed by atoms with E-state index in [0.717, 1.165) is 24.1 Å². The maximum atomic E-state index is 13.3. The maximum Gasteiger partial charge on any atom is 0.310 e. The van der Waals surface area contributed by atoms with Crippen molar-refractivity contribution in [3.8, 4) is 11.5 Å². The van der Waals surface area contributed by atoms with E-state index in [9.17, 15) is 24.6 Å². The van der Waals surface area contributed by atoms with Gasteiger partial charge in [-0.2, -0.15) is 0 Å². The van der Waals surface area contributed by atoms with Crippen molar-refractivity contribution in [3.63, 3.8) is 0 Å². The van der Waals surface area contributed by atoms with Crippen LogP contribution in [0.4, 0.5) is 5.69 Å². The van der Waals surface area contributed by atoms with Crippen LogP contribution in [0.2, 0.25) is 0 Å². The van der Waals surface area contributed by atoms with E-state index in [1.807, 2.05) is 50.2 Å². The second-order valence-corrected chi connectivity index (χ2v) is 9.50. The van der Waals surface area contributed by atoms with Crippen LogP contribution >= 0.6 is 0 Å². The highest BCUT2D eigenvalue weighted by Crippen LogP contribution is 2.43. The van der Waals surface area contributed by atoms with Gasteiger partial charge in [0.05, 0.1) is 17.5 Å². The molecule has 0 heterocycles. The number of anilines is 1. The van der Waals surface area contributed by atoms with Gasteiger partial charge in [-0.25, -0.2) is 0 Å². The van der Waals surface area contributed by atoms with Crippen molar-refractivity contribution >= 4 is 23.2 Å². The minimum Gasteiger partial charge on any atom is -0.507 e. The summed E-state index contributed by atoms with van der Waals surface area (Å²) < 4.78 is 5.81. The Balaban J connectivity index is 1.66. The van der Waals surface area contributed by atoms with E-state index in [-0.39, 0.29) is 34.2 Å². The molecule has 192 valence electrons. The molecule has 1 atom stereocenters. The molecule has 1 aliphatic rings. The lowest BCUT2D eigenvalue weighted by Gasteiger charge is -2.24. The lowest BCUT2D eigenvalue weighted by molar-refractivity contribution is -0.149. The number of carbonyl (C=O) groups is 3. The topological polar surface area (TPSA) is 104 Å². The standard InChI is InChI=1S/C30H31NO6/c1-4-5-6-11-24(37-25(33)16-18-12-14-19(15-13-18)31(2)3)22-17-23(32)26-27(30(22)36)29(35)21-10-8-7-9-20(21)28(26)34/h7-10,12-15,17,24,32,36H,4-6,11,16H2,1-3H3. The predicted molar refractivity (Wildman–Crippen MR) is 141 cm³/mol. The van der Waals surface area contributed by atoms with Gasteiger partial charge in [-0.3, -0.25) is 14.4 Å². The average Bonchev–Trinajstić information content (AvgIpc) is 2.88. The quantitative estimate of drug-likeness (QED) is 0.181. The number of aromatic hydroxyl groups is 2. The summed E-state index contributed by atoms with van der Waals surface area (Å²) in [5.74, 6) is -2.45. The average molecular weight is 502 g/mol. The van der Waals surface area contributed by atoms with Crippen molar-refractivity contribution in [3.05, 3.63) is 88.0 Å². The second-order valence-electron chi connectivity index (χ2n) is 9.50. The SMILES string of the molecule is CCCCCC(OC(=O)Cc1ccc(N(C)C)cc1)c1cc(O)c2c(c1O)C(=O)c1ccccc1C2=O. The molecular weight excluding hydrogens is 470 g/mol. The summed E-state index contributed by atoms with van der Waals surface area (Å²) in [5.41, 5.74) is 1.74. The Hall–Kier alpha value is -4.13. The Morgan fingerprint density at radius 3 is 2.14 bits per heavy atom. The molecule has 0 amide bonds. The molecular formula is C30H31NO6. The van der Waals surface area contributed by atoms with E-state index < -0.39 is 35.1 Å². The third-order valence-corrected chi connectivity index (χ3v) is 6.67. The highest BCUT2D eigenvalue weighted by Gasteiger charge is 2.37. The molecule has 3 aromatic rings. The van der Waals surface area contributed by atoms with Crippen molar-refractivity contribution in [2.75, 3.05) is 19.0 Å². The lowest BCUT2D eigenvalue weighted by atomic mass is 9.81. The minimum absolute atomic E-state index is 0.0282. The fourth-order valence-corrected chi connectivity index (χ4v) is 4.66. The lowest BCUT2D eigenvalue weighted by Crippen LogP contribution is -2.22. The first-order valence-electron chi connectivity index (χ1n) is 12.5. The molecule has 1 aliphatic carbocycles. The van der Waals surface area contributed by atoms with Gasteiger partial charge >= 0.3 is 5.97 Å². The number of ketones is 2. The Bertz CT molecular complexity index is 1340. The van der Waals surface area contributed by atoms with Crippen LogP contribution < -0.4 is 4.90 Å². The summed E-state index contributed by atoms with van der Waals surface area (Å²) in [6, 6.07) is 15.1. The fraction of sp³-hybridized carbons (Fsp3) is 0.300. The van der Waals surface area contributed by atoms with Gasteiger partial charge < -0.3 is 19.8 Å². The van der Waals surface area contributed by atoms with E-state index in [0.29, 0.717) is 12.8 Å². The summed E-state index contributed by atoms with van der Waals surface area (Å²) in [6.07, 6.45) is 2.05. The highest BCUT2D eigenvalue weighted by molar-refractivity contribution is 6.30. The van der Waals surface area contributed by atoms with Gasteiger partial charge in [-0.05, 0) is 36.6 Å². The zero-order valence-corrected chi connectivity index (χ0v) is 21.3. The largest absolute Gasteiger partial charge is 0.507 e.